The summed E-state index contributed by atoms with van der Waals surface area (Å²) in [6.07, 6.45) is 5.48. The van der Waals surface area contributed by atoms with Crippen molar-refractivity contribution >= 4 is 67.3 Å². The molecule has 4 aromatic rings. The molecule has 246 valence electrons. The van der Waals surface area contributed by atoms with Gasteiger partial charge in [0.2, 0.25) is 22.2 Å². The summed E-state index contributed by atoms with van der Waals surface area (Å²) < 4.78 is 4.63. The molecule has 0 aliphatic carbocycles. The Kier molecular flexibility index (Phi) is 10.2. The van der Waals surface area contributed by atoms with E-state index in [1.165, 1.54) is 32.9 Å². The molecule has 6 heterocycles. The summed E-state index contributed by atoms with van der Waals surface area (Å²) in [4.78, 5) is 23.7. The van der Waals surface area contributed by atoms with Crippen LogP contribution in [0.5, 0.6) is 0 Å². The van der Waals surface area contributed by atoms with Gasteiger partial charge in [-0.1, -0.05) is 13.8 Å². The van der Waals surface area contributed by atoms with E-state index in [0.29, 0.717) is 34.8 Å². The molecular formula is C28H38Br2N14S2. The van der Waals surface area contributed by atoms with Crippen molar-refractivity contribution in [3.05, 3.63) is 32.0 Å². The first-order chi connectivity index (χ1) is 22.1. The zero-order valence-electron chi connectivity index (χ0n) is 26.3. The molecule has 2 aliphatic rings. The lowest BCUT2D eigenvalue weighted by Gasteiger charge is -2.30. The van der Waals surface area contributed by atoms with Crippen LogP contribution in [0.2, 0.25) is 0 Å². The number of hydrogen-bond donors (Lipinski definition) is 2. The topological polar surface area (TPSA) is 172 Å². The number of halogens is 2. The van der Waals surface area contributed by atoms with E-state index in [1.54, 1.807) is 0 Å². The standard InChI is InChI=1S/C28H38Br2N14S2/c1-15-7-11-41(12-8-15)25-33-17(3)21(29)23(35-25)45-27-39-37-19(43(27)31)5-6-20-38-40-28(44(20)32)46-24-22(30)18(4)34-26(36-24)42-13-9-16(2)10-14-42/h15-16H,5-14,31-32H2,1-4H3. The second-order valence-corrected chi connectivity index (χ2v) is 15.5. The molecule has 4 N–H and O–H groups in total. The smallest absolute Gasteiger partial charge is 0.226 e. The van der Waals surface area contributed by atoms with Crippen molar-refractivity contribution in [2.45, 2.75) is 86.6 Å². The molecule has 2 aliphatic heterocycles. The average molecular weight is 795 g/mol. The van der Waals surface area contributed by atoms with E-state index < -0.39 is 0 Å². The molecule has 0 aromatic carbocycles. The van der Waals surface area contributed by atoms with Crippen LogP contribution in [-0.4, -0.2) is 75.9 Å². The van der Waals surface area contributed by atoms with Crippen LogP contribution in [0, 0.1) is 25.7 Å². The largest absolute Gasteiger partial charge is 0.341 e. The van der Waals surface area contributed by atoms with E-state index in [1.807, 2.05) is 13.8 Å². The van der Waals surface area contributed by atoms with Crippen LogP contribution in [-0.2, 0) is 12.8 Å². The van der Waals surface area contributed by atoms with E-state index in [9.17, 15) is 0 Å². The molecule has 0 amide bonds. The molecule has 6 rings (SSSR count). The molecule has 0 radical (unpaired) electrons. The Bertz CT molecular complexity index is 1570. The van der Waals surface area contributed by atoms with Crippen LogP contribution in [0.15, 0.2) is 29.3 Å². The fraction of sp³-hybridized carbons (Fsp3) is 0.571. The van der Waals surface area contributed by atoms with Gasteiger partial charge in [-0.05, 0) is 107 Å². The van der Waals surface area contributed by atoms with Gasteiger partial charge in [0.25, 0.3) is 0 Å². The average Bonchev–Trinajstić information content (AvgIpc) is 3.57. The maximum absolute atomic E-state index is 6.46. The first kappa shape index (κ1) is 33.2. The van der Waals surface area contributed by atoms with Crippen LogP contribution < -0.4 is 21.5 Å². The number of rotatable bonds is 9. The maximum atomic E-state index is 6.46. The van der Waals surface area contributed by atoms with Gasteiger partial charge in [-0.25, -0.2) is 29.3 Å². The van der Waals surface area contributed by atoms with Gasteiger partial charge in [0, 0.05) is 39.0 Å². The van der Waals surface area contributed by atoms with Gasteiger partial charge in [0.05, 0.1) is 20.3 Å². The van der Waals surface area contributed by atoms with Gasteiger partial charge in [0.15, 0.2) is 11.6 Å². The predicted octanol–water partition coefficient (Wildman–Crippen LogP) is 4.58. The van der Waals surface area contributed by atoms with Crippen molar-refractivity contribution in [2.75, 3.05) is 47.7 Å². The third-order valence-electron chi connectivity index (χ3n) is 8.50. The number of aromatic nitrogens is 10. The highest BCUT2D eigenvalue weighted by atomic mass is 79.9. The van der Waals surface area contributed by atoms with Crippen molar-refractivity contribution in [1.29, 1.82) is 0 Å². The summed E-state index contributed by atoms with van der Waals surface area (Å²) in [6, 6.07) is 0. The molecule has 0 saturated carbocycles. The fourth-order valence-electron chi connectivity index (χ4n) is 5.36. The van der Waals surface area contributed by atoms with E-state index in [-0.39, 0.29) is 0 Å². The molecule has 0 unspecified atom stereocenters. The second kappa shape index (κ2) is 14.2. The summed E-state index contributed by atoms with van der Waals surface area (Å²) in [6.45, 7) is 12.3. The normalized spacial score (nSPS) is 16.5. The monoisotopic (exact) mass is 792 g/mol. The molecular weight excluding hydrogens is 756 g/mol. The van der Waals surface area contributed by atoms with Crippen molar-refractivity contribution in [3.8, 4) is 0 Å². The van der Waals surface area contributed by atoms with Gasteiger partial charge in [-0.15, -0.1) is 20.4 Å². The first-order valence-corrected chi connectivity index (χ1v) is 18.6. The number of aryl methyl sites for hydroxylation is 4. The van der Waals surface area contributed by atoms with Crippen LogP contribution in [0.1, 0.15) is 62.6 Å². The number of nitrogen functional groups attached to an aromatic ring is 2. The van der Waals surface area contributed by atoms with Crippen LogP contribution in [0.25, 0.3) is 0 Å². The highest BCUT2D eigenvalue weighted by molar-refractivity contribution is 9.10. The van der Waals surface area contributed by atoms with Gasteiger partial charge in [-0.2, -0.15) is 0 Å². The molecule has 46 heavy (non-hydrogen) atoms. The molecule has 0 spiro atoms. The van der Waals surface area contributed by atoms with Gasteiger partial charge >= 0.3 is 0 Å². The zero-order chi connectivity index (χ0) is 32.5. The highest BCUT2D eigenvalue weighted by Crippen LogP contribution is 2.36. The summed E-state index contributed by atoms with van der Waals surface area (Å²) in [5.74, 6) is 17.0. The quantitative estimate of drug-likeness (QED) is 0.178. The third-order valence-corrected chi connectivity index (χ3v) is 12.8. The molecule has 0 atom stereocenters. The van der Waals surface area contributed by atoms with Crippen molar-refractivity contribution in [3.63, 3.8) is 0 Å². The summed E-state index contributed by atoms with van der Waals surface area (Å²) in [5, 5.41) is 20.0. The van der Waals surface area contributed by atoms with Crippen LogP contribution in [0.4, 0.5) is 11.9 Å². The molecule has 0 bridgehead atoms. The molecule has 18 heteroatoms. The zero-order valence-corrected chi connectivity index (χ0v) is 31.1. The Labute approximate surface area is 293 Å². The van der Waals surface area contributed by atoms with Crippen molar-refractivity contribution in [1.82, 2.24) is 49.7 Å². The van der Waals surface area contributed by atoms with E-state index >= 15 is 0 Å². The Morgan fingerprint density at radius 3 is 1.37 bits per heavy atom. The van der Waals surface area contributed by atoms with Crippen molar-refractivity contribution < 1.29 is 0 Å². The lowest BCUT2D eigenvalue weighted by Crippen LogP contribution is -2.34. The van der Waals surface area contributed by atoms with Gasteiger partial charge in [-0.3, -0.25) is 0 Å². The predicted molar refractivity (Wildman–Crippen MR) is 186 cm³/mol. The minimum Gasteiger partial charge on any atom is -0.341 e. The Hall–Kier alpha value is -2.70. The number of anilines is 2. The summed E-state index contributed by atoms with van der Waals surface area (Å²) in [5.41, 5.74) is 1.73. The lowest BCUT2D eigenvalue weighted by molar-refractivity contribution is 0.433. The highest BCUT2D eigenvalue weighted by Gasteiger charge is 2.24. The minimum atomic E-state index is 0.471. The summed E-state index contributed by atoms with van der Waals surface area (Å²) in [7, 11) is 0. The van der Waals surface area contributed by atoms with Crippen LogP contribution >= 0.6 is 55.4 Å². The van der Waals surface area contributed by atoms with E-state index in [2.05, 4.69) is 75.9 Å². The van der Waals surface area contributed by atoms with Gasteiger partial charge in [0.1, 0.15) is 10.1 Å². The molecule has 4 aromatic heterocycles. The Morgan fingerprint density at radius 2 is 1.00 bits per heavy atom. The Balaban J connectivity index is 1.12. The second-order valence-electron chi connectivity index (χ2n) is 12.0. The number of hydrogen-bond acceptors (Lipinski definition) is 14. The first-order valence-electron chi connectivity index (χ1n) is 15.4. The Morgan fingerprint density at radius 1 is 0.630 bits per heavy atom. The maximum Gasteiger partial charge on any atom is 0.226 e. The number of piperidine rings is 2. The van der Waals surface area contributed by atoms with Crippen LogP contribution in [0.3, 0.4) is 0 Å². The SMILES string of the molecule is Cc1nc(N2CCC(C)CC2)nc(Sc2nnc(CCc3nnc(Sc4nc(N5CCC(C)CC5)nc(C)c4Br)n3N)n2N)c1Br. The number of nitrogens with zero attached hydrogens (tertiary/aromatic N) is 12. The third kappa shape index (κ3) is 7.23. The number of nitrogens with two attached hydrogens (primary N) is 2. The minimum absolute atomic E-state index is 0.471. The van der Waals surface area contributed by atoms with Crippen molar-refractivity contribution in [2.24, 2.45) is 11.8 Å². The van der Waals surface area contributed by atoms with Gasteiger partial charge < -0.3 is 21.5 Å². The lowest BCUT2D eigenvalue weighted by atomic mass is 10.00. The fourth-order valence-corrected chi connectivity index (χ4v) is 7.85. The molecule has 2 saturated heterocycles. The summed E-state index contributed by atoms with van der Waals surface area (Å²) >= 11 is 10.0. The molecule has 14 nitrogen and oxygen atoms in total. The van der Waals surface area contributed by atoms with E-state index in [0.717, 1.165) is 106 Å². The molecule has 2 fully saturated rings. The van der Waals surface area contributed by atoms with E-state index in [4.69, 9.17) is 31.6 Å².